The van der Waals surface area contributed by atoms with E-state index in [1.807, 2.05) is 0 Å². The van der Waals surface area contributed by atoms with Gasteiger partial charge in [-0.3, -0.25) is 4.57 Å². The van der Waals surface area contributed by atoms with Crippen molar-refractivity contribution >= 4 is 56.2 Å². The Morgan fingerprint density at radius 2 is 1.48 bits per heavy atom. The summed E-state index contributed by atoms with van der Waals surface area (Å²) in [5.41, 5.74) is -1.56. The molecule has 0 amide bonds. The van der Waals surface area contributed by atoms with E-state index in [1.54, 1.807) is 0 Å². The van der Waals surface area contributed by atoms with Gasteiger partial charge < -0.3 is 0 Å². The van der Waals surface area contributed by atoms with Gasteiger partial charge >= 0.3 is 10.9 Å². The number of benzene rings is 1. The van der Waals surface area contributed by atoms with Crippen molar-refractivity contribution in [1.82, 2.24) is 9.55 Å². The van der Waals surface area contributed by atoms with Crippen LogP contribution in [0.2, 0.25) is 15.3 Å². The predicted molar refractivity (Wildman–Crippen MR) is 81.6 cm³/mol. The normalized spacial score (nSPS) is 13.3. The van der Waals surface area contributed by atoms with Crippen LogP contribution in [0.5, 0.6) is 0 Å². The van der Waals surface area contributed by atoms with E-state index in [0.29, 0.717) is 22.9 Å². The molecule has 0 unspecified atom stereocenters. The zero-order valence-corrected chi connectivity index (χ0v) is 15.1. The van der Waals surface area contributed by atoms with Gasteiger partial charge in [0.25, 0.3) is 9.84 Å². The summed E-state index contributed by atoms with van der Waals surface area (Å²) >= 11 is 21.7. The molecular formula is C11H3Cl4F5N2O2S. The average Bonchev–Trinajstić information content (AvgIpc) is 2.78. The smallest absolute Gasteiger partial charge is 0.286 e. The zero-order chi connectivity index (χ0) is 19.4. The Balaban J connectivity index is 2.66. The first-order valence-corrected chi connectivity index (χ1v) is 8.78. The van der Waals surface area contributed by atoms with Gasteiger partial charge in [-0.15, -0.1) is 0 Å². The van der Waals surface area contributed by atoms with Gasteiger partial charge in [-0.05, 0) is 35.3 Å². The number of sulfone groups is 1. The van der Waals surface area contributed by atoms with Gasteiger partial charge in [0.15, 0.2) is 5.03 Å². The maximum atomic E-state index is 13.0. The highest BCUT2D eigenvalue weighted by Crippen LogP contribution is 2.39. The summed E-state index contributed by atoms with van der Waals surface area (Å²) in [6.07, 6.45) is -4.24. The van der Waals surface area contributed by atoms with Gasteiger partial charge in [-0.2, -0.15) is 22.0 Å². The molecular weight excluding hydrogens is 461 g/mol. The molecule has 14 heteroatoms. The molecule has 2 rings (SSSR count). The molecule has 0 N–H and O–H groups in total. The fourth-order valence-corrected chi connectivity index (χ4v) is 3.57. The van der Waals surface area contributed by atoms with Gasteiger partial charge in [0.2, 0.25) is 5.28 Å². The van der Waals surface area contributed by atoms with Crippen molar-refractivity contribution in [1.29, 1.82) is 0 Å². The number of halogens is 9. The van der Waals surface area contributed by atoms with Crippen LogP contribution in [-0.4, -0.2) is 22.7 Å². The topological polar surface area (TPSA) is 52.0 Å². The molecule has 0 atom stereocenters. The molecule has 0 saturated heterocycles. The fraction of sp³-hybridized carbons (Fsp3) is 0.182. The lowest BCUT2D eigenvalue weighted by Gasteiger charge is -2.13. The number of aromatic nitrogens is 2. The van der Waals surface area contributed by atoms with E-state index >= 15 is 0 Å². The molecule has 0 aliphatic heterocycles. The van der Waals surface area contributed by atoms with Gasteiger partial charge in [0.1, 0.15) is 0 Å². The lowest BCUT2D eigenvalue weighted by atomic mass is 10.2. The van der Waals surface area contributed by atoms with Crippen molar-refractivity contribution in [3.8, 4) is 5.69 Å². The highest BCUT2D eigenvalue weighted by molar-refractivity contribution is 7.93. The Kier molecular flexibility index (Phi) is 5.26. The second-order valence-corrected chi connectivity index (χ2v) is 8.24. The van der Waals surface area contributed by atoms with Crippen molar-refractivity contribution in [2.45, 2.75) is 15.9 Å². The largest absolute Gasteiger partial charge is 0.428 e. The van der Waals surface area contributed by atoms with E-state index in [0.717, 1.165) is 0 Å². The Morgan fingerprint density at radius 3 is 1.88 bits per heavy atom. The number of nitrogens with zero attached hydrogens (tertiary/aromatic N) is 2. The van der Waals surface area contributed by atoms with Gasteiger partial charge in [0.05, 0.1) is 21.3 Å². The van der Waals surface area contributed by atoms with E-state index in [2.05, 4.69) is 16.6 Å². The van der Waals surface area contributed by atoms with Crippen molar-refractivity contribution in [2.75, 3.05) is 0 Å². The highest BCUT2D eigenvalue weighted by atomic mass is 35.5. The van der Waals surface area contributed by atoms with Crippen LogP contribution in [0.1, 0.15) is 5.56 Å². The maximum Gasteiger partial charge on any atom is 0.428 e. The van der Waals surface area contributed by atoms with Crippen LogP contribution in [0.15, 0.2) is 23.4 Å². The third-order valence-corrected chi connectivity index (χ3v) is 5.61. The van der Waals surface area contributed by atoms with Crippen LogP contribution in [0.3, 0.4) is 0 Å². The predicted octanol–water partition coefficient (Wildman–Crippen LogP) is 5.41. The Bertz CT molecular complexity index is 914. The molecule has 0 radical (unpaired) electrons. The van der Waals surface area contributed by atoms with Gasteiger partial charge in [0, 0.05) is 6.20 Å². The van der Waals surface area contributed by atoms with Crippen LogP contribution in [-0.2, 0) is 16.0 Å². The Labute approximate surface area is 157 Å². The van der Waals surface area contributed by atoms with E-state index < -0.39 is 46.6 Å². The summed E-state index contributed by atoms with van der Waals surface area (Å²) in [5, 5.41) is -3.05. The fourth-order valence-electron chi connectivity index (χ4n) is 1.70. The Morgan fingerprint density at radius 1 is 1.00 bits per heavy atom. The molecule has 2 aromatic rings. The van der Waals surface area contributed by atoms with Crippen LogP contribution < -0.4 is 0 Å². The van der Waals surface area contributed by atoms with Crippen molar-refractivity contribution < 1.29 is 30.4 Å². The first-order chi connectivity index (χ1) is 11.2. The third-order valence-electron chi connectivity index (χ3n) is 2.81. The number of hydrogen-bond acceptors (Lipinski definition) is 3. The lowest BCUT2D eigenvalue weighted by molar-refractivity contribution is -0.137. The minimum Gasteiger partial charge on any atom is -0.286 e. The molecule has 4 nitrogen and oxygen atoms in total. The van der Waals surface area contributed by atoms with Crippen molar-refractivity contribution in [3.05, 3.63) is 39.2 Å². The zero-order valence-electron chi connectivity index (χ0n) is 11.3. The molecule has 0 bridgehead atoms. The standard InChI is InChI=1S/C11H3Cl4F5N2O2S/c12-5-1-4(10(16,17)18)2-6(13)8(5)22-3-7(21-9(22)14)25(23,24)11(15,19)20/h1-3H. The van der Waals surface area contributed by atoms with Crippen LogP contribution >= 0.6 is 46.4 Å². The van der Waals surface area contributed by atoms with E-state index in [9.17, 15) is 30.4 Å². The summed E-state index contributed by atoms with van der Waals surface area (Å²) in [6, 6.07) is 1.01. The van der Waals surface area contributed by atoms with E-state index in [4.69, 9.17) is 34.8 Å². The molecule has 0 fully saturated rings. The molecule has 0 saturated carbocycles. The number of imidazole rings is 1. The molecule has 1 heterocycles. The lowest BCUT2D eigenvalue weighted by Crippen LogP contribution is -2.22. The summed E-state index contributed by atoms with van der Waals surface area (Å²) in [6.45, 7) is 0. The first-order valence-electron chi connectivity index (χ1n) is 5.79. The van der Waals surface area contributed by atoms with Crippen molar-refractivity contribution in [3.63, 3.8) is 0 Å². The summed E-state index contributed by atoms with van der Waals surface area (Å²) in [4.78, 5) is 3.22. The summed E-state index contributed by atoms with van der Waals surface area (Å²) in [7, 11) is -5.39. The molecule has 1 aromatic carbocycles. The maximum absolute atomic E-state index is 13.0. The SMILES string of the molecule is O=S(=O)(c1cn(-c2c(Cl)cc(C(F)(F)F)cc2Cl)c(Cl)n1)C(F)(F)Cl. The summed E-state index contributed by atoms with van der Waals surface area (Å²) < 4.78 is 83.2. The average molecular weight is 464 g/mol. The molecule has 0 aliphatic rings. The van der Waals surface area contributed by atoms with Crippen LogP contribution in [0.25, 0.3) is 5.69 Å². The second kappa shape index (κ2) is 6.41. The first kappa shape index (κ1) is 20.5. The Hall–Kier alpha value is -0.810. The molecule has 25 heavy (non-hydrogen) atoms. The van der Waals surface area contributed by atoms with Crippen molar-refractivity contribution in [2.24, 2.45) is 0 Å². The van der Waals surface area contributed by atoms with E-state index in [1.165, 1.54) is 0 Å². The van der Waals surface area contributed by atoms with Gasteiger partial charge in [-0.1, -0.05) is 23.2 Å². The van der Waals surface area contributed by atoms with E-state index in [-0.39, 0.29) is 5.69 Å². The monoisotopic (exact) mass is 462 g/mol. The molecule has 1 aromatic heterocycles. The number of rotatable bonds is 3. The molecule has 138 valence electrons. The number of alkyl halides is 6. The minimum atomic E-state index is -5.39. The van der Waals surface area contributed by atoms with Crippen LogP contribution in [0.4, 0.5) is 22.0 Å². The van der Waals surface area contributed by atoms with Crippen LogP contribution in [0, 0.1) is 0 Å². The quantitative estimate of drug-likeness (QED) is 0.451. The summed E-state index contributed by atoms with van der Waals surface area (Å²) in [5.74, 6) is 0. The second-order valence-electron chi connectivity index (χ2n) is 4.45. The molecule has 0 spiro atoms. The molecule has 0 aliphatic carbocycles. The minimum absolute atomic E-state index is 0.381. The highest BCUT2D eigenvalue weighted by Gasteiger charge is 2.46. The van der Waals surface area contributed by atoms with Gasteiger partial charge in [-0.25, -0.2) is 13.4 Å². The number of hydrogen-bond donors (Lipinski definition) is 0. The third kappa shape index (κ3) is 3.82.